The SMILES string of the molecule is COc1cccc([C@H](CNS(=O)(=O)c2ccc3c(c2)OCCCO3)N(C)C)c1. The van der Waals surface area contributed by atoms with Gasteiger partial charge in [0, 0.05) is 25.1 Å². The van der Waals surface area contributed by atoms with Crippen LogP contribution in [-0.2, 0) is 10.0 Å². The Morgan fingerprint density at radius 2 is 1.86 bits per heavy atom. The van der Waals surface area contributed by atoms with Gasteiger partial charge in [-0.2, -0.15) is 0 Å². The van der Waals surface area contributed by atoms with Crippen molar-refractivity contribution in [3.63, 3.8) is 0 Å². The van der Waals surface area contributed by atoms with Crippen molar-refractivity contribution in [3.8, 4) is 17.2 Å². The molecule has 0 bridgehead atoms. The number of sulfonamides is 1. The standard InChI is InChI=1S/C20H26N2O5S/c1-22(2)18(15-6-4-7-16(12-15)25-3)14-21-28(23,24)17-8-9-19-20(13-17)27-11-5-10-26-19/h4,6-9,12-13,18,21H,5,10-11,14H2,1-3H3/t18-/m0/s1. The lowest BCUT2D eigenvalue weighted by Gasteiger charge is -2.25. The number of benzene rings is 2. The van der Waals surface area contributed by atoms with E-state index in [1.54, 1.807) is 13.2 Å². The summed E-state index contributed by atoms with van der Waals surface area (Å²) < 4.78 is 44.8. The first-order valence-corrected chi connectivity index (χ1v) is 10.6. The van der Waals surface area contributed by atoms with Gasteiger partial charge in [-0.25, -0.2) is 13.1 Å². The summed E-state index contributed by atoms with van der Waals surface area (Å²) >= 11 is 0. The quantitative estimate of drug-likeness (QED) is 0.761. The molecule has 7 nitrogen and oxygen atoms in total. The number of hydrogen-bond acceptors (Lipinski definition) is 6. The molecule has 0 saturated carbocycles. The van der Waals surface area contributed by atoms with Crippen LogP contribution >= 0.6 is 0 Å². The van der Waals surface area contributed by atoms with Gasteiger partial charge in [-0.3, -0.25) is 0 Å². The van der Waals surface area contributed by atoms with E-state index in [2.05, 4.69) is 4.72 Å². The fourth-order valence-electron chi connectivity index (χ4n) is 3.03. The third-order valence-electron chi connectivity index (χ3n) is 4.60. The smallest absolute Gasteiger partial charge is 0.240 e. The van der Waals surface area contributed by atoms with Crippen LogP contribution in [0.15, 0.2) is 47.4 Å². The van der Waals surface area contributed by atoms with Crippen molar-refractivity contribution in [2.45, 2.75) is 17.4 Å². The Bertz CT molecular complexity index is 915. The molecule has 1 aliphatic rings. The lowest BCUT2D eigenvalue weighted by Crippen LogP contribution is -2.34. The first-order valence-electron chi connectivity index (χ1n) is 9.10. The van der Waals surface area contributed by atoms with E-state index in [0.29, 0.717) is 24.7 Å². The van der Waals surface area contributed by atoms with E-state index in [1.165, 1.54) is 12.1 Å². The van der Waals surface area contributed by atoms with Crippen molar-refractivity contribution >= 4 is 10.0 Å². The molecule has 1 heterocycles. The van der Waals surface area contributed by atoms with E-state index in [1.807, 2.05) is 43.3 Å². The van der Waals surface area contributed by atoms with Crippen LogP contribution in [0.5, 0.6) is 17.2 Å². The molecule has 1 aliphatic heterocycles. The molecule has 28 heavy (non-hydrogen) atoms. The zero-order valence-corrected chi connectivity index (χ0v) is 17.2. The predicted octanol–water partition coefficient (Wildman–Crippen LogP) is 2.44. The molecule has 1 N–H and O–H groups in total. The molecule has 2 aromatic rings. The second kappa shape index (κ2) is 8.81. The summed E-state index contributed by atoms with van der Waals surface area (Å²) in [7, 11) is 1.72. The van der Waals surface area contributed by atoms with E-state index < -0.39 is 10.0 Å². The molecule has 0 saturated heterocycles. The minimum atomic E-state index is -3.70. The van der Waals surface area contributed by atoms with Gasteiger partial charge < -0.3 is 19.1 Å². The third-order valence-corrected chi connectivity index (χ3v) is 6.02. The summed E-state index contributed by atoms with van der Waals surface area (Å²) in [5.41, 5.74) is 0.964. The topological polar surface area (TPSA) is 77.1 Å². The van der Waals surface area contributed by atoms with Gasteiger partial charge >= 0.3 is 0 Å². The number of rotatable bonds is 7. The third kappa shape index (κ3) is 4.76. The Balaban J connectivity index is 1.78. The molecular weight excluding hydrogens is 380 g/mol. The molecule has 0 fully saturated rings. The van der Waals surface area contributed by atoms with Crippen molar-refractivity contribution in [2.24, 2.45) is 0 Å². The summed E-state index contributed by atoms with van der Waals surface area (Å²) in [4.78, 5) is 2.12. The molecule has 0 aliphatic carbocycles. The molecule has 152 valence electrons. The van der Waals surface area contributed by atoms with Crippen LogP contribution in [0.1, 0.15) is 18.0 Å². The van der Waals surface area contributed by atoms with Crippen LogP contribution in [0.3, 0.4) is 0 Å². The van der Waals surface area contributed by atoms with Crippen molar-refractivity contribution in [1.29, 1.82) is 0 Å². The molecule has 1 atom stereocenters. The van der Waals surface area contributed by atoms with Gasteiger partial charge in [-0.1, -0.05) is 12.1 Å². The average molecular weight is 407 g/mol. The van der Waals surface area contributed by atoms with Gasteiger partial charge in [0.15, 0.2) is 11.5 Å². The highest BCUT2D eigenvalue weighted by Crippen LogP contribution is 2.32. The summed E-state index contributed by atoms with van der Waals surface area (Å²) in [6.45, 7) is 1.28. The number of nitrogens with one attached hydrogen (secondary N) is 1. The van der Waals surface area contributed by atoms with Crippen LogP contribution in [0, 0.1) is 0 Å². The largest absolute Gasteiger partial charge is 0.497 e. The number of fused-ring (bicyclic) bond motifs is 1. The van der Waals surface area contributed by atoms with E-state index >= 15 is 0 Å². The Morgan fingerprint density at radius 3 is 2.57 bits per heavy atom. The lowest BCUT2D eigenvalue weighted by molar-refractivity contribution is 0.296. The van der Waals surface area contributed by atoms with Crippen LogP contribution < -0.4 is 18.9 Å². The predicted molar refractivity (Wildman–Crippen MR) is 107 cm³/mol. The molecular formula is C20H26N2O5S. The Hall–Kier alpha value is -2.29. The van der Waals surface area contributed by atoms with Crippen LogP contribution in [0.4, 0.5) is 0 Å². The summed E-state index contributed by atoms with van der Waals surface area (Å²) in [5, 5.41) is 0. The number of ether oxygens (including phenoxy) is 3. The van der Waals surface area contributed by atoms with Gasteiger partial charge in [-0.05, 0) is 43.9 Å². The first kappa shape index (κ1) is 20.4. The summed E-state index contributed by atoms with van der Waals surface area (Å²) in [6.07, 6.45) is 0.764. The highest BCUT2D eigenvalue weighted by atomic mass is 32.2. The van der Waals surface area contributed by atoms with Crippen molar-refractivity contribution in [3.05, 3.63) is 48.0 Å². The van der Waals surface area contributed by atoms with E-state index in [9.17, 15) is 8.42 Å². The maximum absolute atomic E-state index is 12.8. The number of nitrogens with zero attached hydrogens (tertiary/aromatic N) is 1. The van der Waals surface area contributed by atoms with E-state index in [-0.39, 0.29) is 17.5 Å². The second-order valence-corrected chi connectivity index (χ2v) is 8.53. The lowest BCUT2D eigenvalue weighted by atomic mass is 10.1. The molecule has 0 spiro atoms. The minimum absolute atomic E-state index is 0.148. The fraction of sp³-hybridized carbons (Fsp3) is 0.400. The van der Waals surface area contributed by atoms with Gasteiger partial charge in [0.25, 0.3) is 0 Å². The van der Waals surface area contributed by atoms with Gasteiger partial charge in [0.1, 0.15) is 5.75 Å². The highest BCUT2D eigenvalue weighted by molar-refractivity contribution is 7.89. The van der Waals surface area contributed by atoms with Crippen LogP contribution in [-0.4, -0.2) is 54.3 Å². The minimum Gasteiger partial charge on any atom is -0.497 e. The number of methoxy groups -OCH3 is 1. The summed E-state index contributed by atoms with van der Waals surface area (Å²) in [6, 6.07) is 12.2. The van der Waals surface area contributed by atoms with Gasteiger partial charge in [0.2, 0.25) is 10.0 Å². The molecule has 2 aromatic carbocycles. The first-order chi connectivity index (χ1) is 13.4. The summed E-state index contributed by atoms with van der Waals surface area (Å²) in [5.74, 6) is 1.76. The molecule has 8 heteroatoms. The van der Waals surface area contributed by atoms with Crippen molar-refractivity contribution < 1.29 is 22.6 Å². The highest BCUT2D eigenvalue weighted by Gasteiger charge is 2.22. The fourth-order valence-corrected chi connectivity index (χ4v) is 4.08. The van der Waals surface area contributed by atoms with E-state index in [0.717, 1.165) is 17.7 Å². The molecule has 0 aromatic heterocycles. The van der Waals surface area contributed by atoms with Crippen molar-refractivity contribution in [2.75, 3.05) is 41.0 Å². The van der Waals surface area contributed by atoms with Crippen molar-refractivity contribution in [1.82, 2.24) is 9.62 Å². The molecule has 0 amide bonds. The Labute approximate surface area is 166 Å². The van der Waals surface area contributed by atoms with Gasteiger partial charge in [-0.15, -0.1) is 0 Å². The van der Waals surface area contributed by atoms with E-state index in [4.69, 9.17) is 14.2 Å². The van der Waals surface area contributed by atoms with Gasteiger partial charge in [0.05, 0.1) is 25.2 Å². The maximum atomic E-state index is 12.8. The monoisotopic (exact) mass is 406 g/mol. The van der Waals surface area contributed by atoms with Crippen LogP contribution in [0.25, 0.3) is 0 Å². The normalized spacial score (nSPS) is 15.1. The number of hydrogen-bond donors (Lipinski definition) is 1. The Kier molecular flexibility index (Phi) is 6.43. The Morgan fingerprint density at radius 1 is 1.11 bits per heavy atom. The maximum Gasteiger partial charge on any atom is 0.240 e. The molecule has 0 unspecified atom stereocenters. The molecule has 0 radical (unpaired) electrons. The average Bonchev–Trinajstić information content (AvgIpc) is 2.92. The number of likely N-dealkylation sites (N-methyl/N-ethyl adjacent to an activating group) is 1. The molecule has 3 rings (SSSR count). The zero-order valence-electron chi connectivity index (χ0n) is 16.3. The van der Waals surface area contributed by atoms with Crippen LogP contribution in [0.2, 0.25) is 0 Å². The zero-order chi connectivity index (χ0) is 20.1. The second-order valence-electron chi connectivity index (χ2n) is 6.77.